The molecule has 0 aliphatic heterocycles. The van der Waals surface area contributed by atoms with Gasteiger partial charge in [0, 0.05) is 0 Å². The van der Waals surface area contributed by atoms with Crippen LogP contribution in [-0.2, 0) is 17.4 Å². The third-order valence-electron chi connectivity index (χ3n) is 2.63. The van der Waals surface area contributed by atoms with Gasteiger partial charge < -0.3 is 0 Å². The standard InChI is InChI=1S/C12H16O4Te/c1-9(17(3,14)15)8-10-4-6-11(7-5-10)12(13)16-2/h4-7,9H,8H2,1-3H3. The molecule has 0 saturated carbocycles. The number of rotatable bonds is 4. The zero-order valence-electron chi connectivity index (χ0n) is 10.1. The van der Waals surface area contributed by atoms with Crippen LogP contribution in [0.2, 0.25) is 8.94 Å². The first-order valence-electron chi connectivity index (χ1n) is 5.20. The molecule has 1 unspecified atom stereocenters. The summed E-state index contributed by atoms with van der Waals surface area (Å²) in [6.45, 7) is 1.72. The summed E-state index contributed by atoms with van der Waals surface area (Å²) < 4.78 is 27.0. The van der Waals surface area contributed by atoms with Crippen molar-refractivity contribution in [1.82, 2.24) is 0 Å². The summed E-state index contributed by atoms with van der Waals surface area (Å²) in [5.74, 6) is -0.389. The van der Waals surface area contributed by atoms with E-state index >= 15 is 0 Å². The molecule has 1 aromatic rings. The fourth-order valence-electron chi connectivity index (χ4n) is 1.38. The van der Waals surface area contributed by atoms with Crippen LogP contribution in [0.1, 0.15) is 22.8 Å². The van der Waals surface area contributed by atoms with Crippen LogP contribution in [0.4, 0.5) is 0 Å². The molecule has 0 aromatic heterocycles. The van der Waals surface area contributed by atoms with Gasteiger partial charge in [0.25, 0.3) is 0 Å². The predicted molar refractivity (Wildman–Crippen MR) is 63.9 cm³/mol. The summed E-state index contributed by atoms with van der Waals surface area (Å²) in [6, 6.07) is 6.82. The second-order valence-corrected chi connectivity index (χ2v) is 11.1. The van der Waals surface area contributed by atoms with Crippen molar-refractivity contribution < 1.29 is 15.7 Å². The minimum atomic E-state index is -4.09. The van der Waals surface area contributed by atoms with Gasteiger partial charge in [0.15, 0.2) is 0 Å². The number of methoxy groups -OCH3 is 1. The van der Waals surface area contributed by atoms with Gasteiger partial charge in [-0.3, -0.25) is 0 Å². The number of ether oxygens (including phenoxy) is 1. The number of esters is 1. The molecule has 94 valence electrons. The van der Waals surface area contributed by atoms with Gasteiger partial charge in [-0.15, -0.1) is 0 Å². The summed E-state index contributed by atoms with van der Waals surface area (Å²) >= 11 is -4.09. The number of hydrogen-bond acceptors (Lipinski definition) is 4. The normalized spacial score (nSPS) is 13.1. The molecule has 17 heavy (non-hydrogen) atoms. The van der Waals surface area contributed by atoms with E-state index in [4.69, 9.17) is 0 Å². The zero-order valence-corrected chi connectivity index (χ0v) is 12.5. The van der Waals surface area contributed by atoms with E-state index in [1.54, 1.807) is 31.2 Å². The number of benzene rings is 1. The van der Waals surface area contributed by atoms with E-state index < -0.39 is 18.1 Å². The van der Waals surface area contributed by atoms with Crippen molar-refractivity contribution >= 4 is 24.1 Å². The van der Waals surface area contributed by atoms with Gasteiger partial charge in [0.05, 0.1) is 0 Å². The van der Waals surface area contributed by atoms with Crippen LogP contribution >= 0.6 is 0 Å². The molecule has 5 heteroatoms. The Balaban J connectivity index is 2.79. The molecular formula is C12H16O4Te. The Hall–Kier alpha value is -0.920. The van der Waals surface area contributed by atoms with Crippen molar-refractivity contribution in [2.75, 3.05) is 7.11 Å². The van der Waals surface area contributed by atoms with Crippen molar-refractivity contribution in [2.24, 2.45) is 0 Å². The molecule has 0 spiro atoms. The van der Waals surface area contributed by atoms with Gasteiger partial charge in [-0.05, 0) is 0 Å². The number of carbonyl (C=O) groups is 1. The van der Waals surface area contributed by atoms with Crippen LogP contribution in [0.15, 0.2) is 24.3 Å². The Morgan fingerprint density at radius 2 is 1.82 bits per heavy atom. The third kappa shape index (κ3) is 4.10. The van der Waals surface area contributed by atoms with Crippen LogP contribution in [0.3, 0.4) is 0 Å². The molecule has 1 aromatic carbocycles. The third-order valence-corrected chi connectivity index (χ3v) is 7.28. The van der Waals surface area contributed by atoms with E-state index in [1.807, 2.05) is 0 Å². The SMILES string of the molecule is COC(=O)c1ccc(CC(C)[Te](C)(=O)=O)cc1. The van der Waals surface area contributed by atoms with Gasteiger partial charge in [-0.2, -0.15) is 0 Å². The first-order chi connectivity index (χ1) is 7.84. The molecule has 0 N–H and O–H groups in total. The molecule has 0 bridgehead atoms. The molecule has 0 amide bonds. The molecule has 0 saturated heterocycles. The Kier molecular flexibility index (Phi) is 4.67. The van der Waals surface area contributed by atoms with E-state index in [1.165, 1.54) is 12.1 Å². The first-order valence-corrected chi connectivity index (χ1v) is 10.8. The van der Waals surface area contributed by atoms with Crippen molar-refractivity contribution in [3.8, 4) is 0 Å². The van der Waals surface area contributed by atoms with Gasteiger partial charge >= 0.3 is 105 Å². The van der Waals surface area contributed by atoms with Crippen LogP contribution in [0.5, 0.6) is 0 Å². The molecule has 0 heterocycles. The van der Waals surface area contributed by atoms with Crippen LogP contribution in [-0.4, -0.2) is 31.2 Å². The fourth-order valence-corrected chi connectivity index (χ4v) is 2.79. The summed E-state index contributed by atoms with van der Waals surface area (Å²) in [6.07, 6.45) is 0.492. The van der Waals surface area contributed by atoms with E-state index in [0.29, 0.717) is 12.0 Å². The van der Waals surface area contributed by atoms with Crippen molar-refractivity contribution in [2.45, 2.75) is 22.3 Å². The monoisotopic (exact) mass is 354 g/mol. The van der Waals surface area contributed by atoms with Crippen LogP contribution < -0.4 is 0 Å². The Morgan fingerprint density at radius 1 is 1.29 bits per heavy atom. The van der Waals surface area contributed by atoms with Crippen molar-refractivity contribution in [3.63, 3.8) is 0 Å². The quantitative estimate of drug-likeness (QED) is 0.617. The maximum absolute atomic E-state index is 11.4. The minimum absolute atomic E-state index is 0.318. The van der Waals surface area contributed by atoms with E-state index in [2.05, 4.69) is 4.74 Å². The van der Waals surface area contributed by atoms with E-state index in [9.17, 15) is 11.0 Å². The Bertz CT molecular complexity index is 488. The molecule has 0 aliphatic carbocycles. The molecular weight excluding hydrogens is 336 g/mol. The van der Waals surface area contributed by atoms with Crippen LogP contribution in [0, 0.1) is 0 Å². The molecule has 0 fully saturated rings. The molecule has 0 aliphatic rings. The van der Waals surface area contributed by atoms with Crippen molar-refractivity contribution in [1.29, 1.82) is 0 Å². The van der Waals surface area contributed by atoms with Gasteiger partial charge in [-0.25, -0.2) is 0 Å². The molecule has 1 rings (SSSR count). The number of hydrogen-bond donors (Lipinski definition) is 0. The molecule has 4 nitrogen and oxygen atoms in total. The molecule has 0 radical (unpaired) electrons. The second kappa shape index (κ2) is 5.61. The summed E-state index contributed by atoms with van der Waals surface area (Å²) in [5.41, 5.74) is 1.38. The van der Waals surface area contributed by atoms with Crippen molar-refractivity contribution in [3.05, 3.63) is 35.4 Å². The first kappa shape index (κ1) is 14.1. The summed E-state index contributed by atoms with van der Waals surface area (Å²) in [5, 5.41) is 0. The predicted octanol–water partition coefficient (Wildman–Crippen LogP) is 2.34. The van der Waals surface area contributed by atoms with E-state index in [0.717, 1.165) is 5.56 Å². The second-order valence-electron chi connectivity index (χ2n) is 4.03. The Morgan fingerprint density at radius 3 is 2.24 bits per heavy atom. The average Bonchev–Trinajstić information content (AvgIpc) is 2.27. The van der Waals surface area contributed by atoms with Gasteiger partial charge in [0.1, 0.15) is 0 Å². The summed E-state index contributed by atoms with van der Waals surface area (Å²) in [4.78, 5) is 12.5. The Labute approximate surface area is 105 Å². The maximum atomic E-state index is 11.4. The van der Waals surface area contributed by atoms with Crippen LogP contribution in [0.25, 0.3) is 0 Å². The van der Waals surface area contributed by atoms with Gasteiger partial charge in [-0.1, -0.05) is 0 Å². The fraction of sp³-hybridized carbons (Fsp3) is 0.417. The topological polar surface area (TPSA) is 60.4 Å². The number of carbonyl (C=O) groups excluding carboxylic acids is 1. The summed E-state index contributed by atoms with van der Waals surface area (Å²) in [7, 11) is 1.33. The average molecular weight is 352 g/mol. The zero-order chi connectivity index (χ0) is 13.1. The van der Waals surface area contributed by atoms with E-state index in [-0.39, 0.29) is 9.94 Å². The van der Waals surface area contributed by atoms with Gasteiger partial charge in [0.2, 0.25) is 0 Å². The molecule has 1 atom stereocenters.